The van der Waals surface area contributed by atoms with Gasteiger partial charge in [-0.05, 0) is 6.92 Å². The number of hydrogen-bond donors (Lipinski definition) is 2. The molecule has 0 spiro atoms. The van der Waals surface area contributed by atoms with Crippen LogP contribution in [0.3, 0.4) is 0 Å². The fourth-order valence-electron chi connectivity index (χ4n) is 1.89. The summed E-state index contributed by atoms with van der Waals surface area (Å²) >= 11 is 1.19. The number of nitrogens with two attached hydrogens (primary N) is 1. The van der Waals surface area contributed by atoms with Crippen molar-refractivity contribution in [1.29, 1.82) is 0 Å². The Morgan fingerprint density at radius 3 is 2.83 bits per heavy atom. The molecule has 8 nitrogen and oxygen atoms in total. The van der Waals surface area contributed by atoms with E-state index in [1.54, 1.807) is 13.0 Å². The van der Waals surface area contributed by atoms with Crippen molar-refractivity contribution in [2.75, 3.05) is 16.9 Å². The quantitative estimate of drug-likeness (QED) is 0.540. The number of carbonyl (C=O) groups excluding carboxylic acids is 1. The van der Waals surface area contributed by atoms with E-state index in [1.807, 2.05) is 30.3 Å². The highest BCUT2D eigenvalue weighted by Crippen LogP contribution is 2.21. The molecule has 0 aliphatic rings. The number of thioether (sulfide) groups is 1. The Hall–Kier alpha value is -2.81. The van der Waals surface area contributed by atoms with Gasteiger partial charge in [0.05, 0.1) is 5.75 Å². The summed E-state index contributed by atoms with van der Waals surface area (Å²) in [6.45, 7) is 1.75. The predicted molar refractivity (Wildman–Crippen MR) is 86.2 cm³/mol. The van der Waals surface area contributed by atoms with Gasteiger partial charge in [0.2, 0.25) is 11.1 Å². The van der Waals surface area contributed by atoms with Crippen LogP contribution in [-0.4, -0.2) is 31.7 Å². The standard InChI is InChI=1S/C14H14N6O2S/c1-9-7-11(19-22-9)16-12(21)8-23-14-18-17-13(20(14)15)10-5-3-2-4-6-10/h2-7H,8,15H2,1H3,(H,16,19,21). The molecule has 2 heterocycles. The van der Waals surface area contributed by atoms with Crippen LogP contribution < -0.4 is 11.2 Å². The number of amides is 1. The molecule has 0 unspecified atom stereocenters. The lowest BCUT2D eigenvalue weighted by Crippen LogP contribution is -2.16. The second-order valence-corrected chi connectivity index (χ2v) is 5.64. The number of benzene rings is 1. The van der Waals surface area contributed by atoms with Crippen molar-refractivity contribution >= 4 is 23.5 Å². The van der Waals surface area contributed by atoms with Crippen molar-refractivity contribution in [2.24, 2.45) is 0 Å². The monoisotopic (exact) mass is 330 g/mol. The molecule has 0 bridgehead atoms. The van der Waals surface area contributed by atoms with Gasteiger partial charge >= 0.3 is 0 Å². The molecule has 1 aromatic carbocycles. The fourth-order valence-corrected chi connectivity index (χ4v) is 2.55. The maximum atomic E-state index is 11.9. The maximum Gasteiger partial charge on any atom is 0.236 e. The number of aryl methyl sites for hydroxylation is 1. The van der Waals surface area contributed by atoms with Gasteiger partial charge < -0.3 is 15.7 Å². The van der Waals surface area contributed by atoms with Crippen LogP contribution in [-0.2, 0) is 4.79 Å². The van der Waals surface area contributed by atoms with E-state index in [0.29, 0.717) is 22.6 Å². The molecule has 3 N–H and O–H groups in total. The van der Waals surface area contributed by atoms with Crippen LogP contribution in [0.25, 0.3) is 11.4 Å². The third-order valence-corrected chi connectivity index (χ3v) is 3.87. The minimum absolute atomic E-state index is 0.135. The largest absolute Gasteiger partial charge is 0.360 e. The van der Waals surface area contributed by atoms with Crippen molar-refractivity contribution < 1.29 is 9.32 Å². The van der Waals surface area contributed by atoms with Gasteiger partial charge in [0.25, 0.3) is 0 Å². The smallest absolute Gasteiger partial charge is 0.236 e. The minimum atomic E-state index is -0.229. The van der Waals surface area contributed by atoms with E-state index in [2.05, 4.69) is 20.7 Å². The van der Waals surface area contributed by atoms with E-state index < -0.39 is 0 Å². The van der Waals surface area contributed by atoms with E-state index in [1.165, 1.54) is 16.4 Å². The van der Waals surface area contributed by atoms with Crippen molar-refractivity contribution in [2.45, 2.75) is 12.1 Å². The summed E-state index contributed by atoms with van der Waals surface area (Å²) in [6.07, 6.45) is 0. The molecule has 0 aliphatic carbocycles. The summed E-state index contributed by atoms with van der Waals surface area (Å²) < 4.78 is 6.25. The van der Waals surface area contributed by atoms with Crippen LogP contribution >= 0.6 is 11.8 Å². The second-order valence-electron chi connectivity index (χ2n) is 4.70. The molecule has 23 heavy (non-hydrogen) atoms. The van der Waals surface area contributed by atoms with Gasteiger partial charge in [-0.2, -0.15) is 0 Å². The average molecular weight is 330 g/mol. The molecular weight excluding hydrogens is 316 g/mol. The summed E-state index contributed by atoms with van der Waals surface area (Å²) in [5.41, 5.74) is 0.858. The van der Waals surface area contributed by atoms with E-state index in [4.69, 9.17) is 10.4 Å². The topological polar surface area (TPSA) is 112 Å². The first-order chi connectivity index (χ1) is 11.1. The number of nitrogens with zero attached hydrogens (tertiary/aromatic N) is 4. The van der Waals surface area contributed by atoms with Gasteiger partial charge in [-0.1, -0.05) is 47.3 Å². The molecule has 0 aliphatic heterocycles. The first-order valence-electron chi connectivity index (χ1n) is 6.75. The molecule has 0 fully saturated rings. The van der Waals surface area contributed by atoms with E-state index in [9.17, 15) is 4.79 Å². The molecule has 3 aromatic rings. The van der Waals surface area contributed by atoms with E-state index in [-0.39, 0.29) is 11.7 Å². The SMILES string of the molecule is Cc1cc(NC(=O)CSc2nnc(-c3ccccc3)n2N)no1. The zero-order valence-electron chi connectivity index (χ0n) is 12.3. The summed E-state index contributed by atoms with van der Waals surface area (Å²) in [7, 11) is 0. The Labute approximate surface area is 136 Å². The second kappa shape index (κ2) is 6.53. The van der Waals surface area contributed by atoms with Gasteiger partial charge in [0.1, 0.15) is 5.76 Å². The maximum absolute atomic E-state index is 11.9. The Bertz CT molecular complexity index is 814. The van der Waals surface area contributed by atoms with Crippen LogP contribution in [0.2, 0.25) is 0 Å². The molecule has 0 saturated heterocycles. The van der Waals surface area contributed by atoms with Crippen molar-refractivity contribution in [3.05, 3.63) is 42.2 Å². The lowest BCUT2D eigenvalue weighted by Gasteiger charge is -2.03. The predicted octanol–water partition coefficient (Wildman–Crippen LogP) is 1.69. The number of nitrogens with one attached hydrogen (secondary N) is 1. The summed E-state index contributed by atoms with van der Waals surface area (Å²) in [5.74, 6) is 7.45. The summed E-state index contributed by atoms with van der Waals surface area (Å²) in [6, 6.07) is 11.1. The number of nitrogen functional groups attached to an aromatic ring is 1. The van der Waals surface area contributed by atoms with Gasteiger partial charge in [-0.25, -0.2) is 4.68 Å². The van der Waals surface area contributed by atoms with Crippen LogP contribution in [0.15, 0.2) is 46.1 Å². The van der Waals surface area contributed by atoms with Crippen molar-refractivity contribution in [3.63, 3.8) is 0 Å². The molecule has 3 rings (SSSR count). The number of rotatable bonds is 5. The molecule has 2 aromatic heterocycles. The van der Waals surface area contributed by atoms with Gasteiger partial charge in [0.15, 0.2) is 11.6 Å². The van der Waals surface area contributed by atoms with Crippen LogP contribution in [0.4, 0.5) is 5.82 Å². The van der Waals surface area contributed by atoms with Crippen LogP contribution in [0.5, 0.6) is 0 Å². The highest BCUT2D eigenvalue weighted by atomic mass is 32.2. The zero-order chi connectivity index (χ0) is 16.2. The normalized spacial score (nSPS) is 10.7. The Balaban J connectivity index is 1.63. The lowest BCUT2D eigenvalue weighted by molar-refractivity contribution is -0.113. The molecule has 1 amide bonds. The number of aromatic nitrogens is 4. The minimum Gasteiger partial charge on any atom is -0.360 e. The van der Waals surface area contributed by atoms with E-state index in [0.717, 1.165) is 5.56 Å². The summed E-state index contributed by atoms with van der Waals surface area (Å²) in [5, 5.41) is 14.9. The third-order valence-electron chi connectivity index (χ3n) is 2.92. The number of hydrogen-bond acceptors (Lipinski definition) is 7. The highest BCUT2D eigenvalue weighted by Gasteiger charge is 2.14. The van der Waals surface area contributed by atoms with E-state index >= 15 is 0 Å². The fraction of sp³-hybridized carbons (Fsp3) is 0.143. The van der Waals surface area contributed by atoms with Gasteiger partial charge in [-0.3, -0.25) is 4.79 Å². The Morgan fingerprint density at radius 2 is 2.13 bits per heavy atom. The Morgan fingerprint density at radius 1 is 1.35 bits per heavy atom. The molecule has 0 atom stereocenters. The van der Waals surface area contributed by atoms with Crippen LogP contribution in [0.1, 0.15) is 5.76 Å². The van der Waals surface area contributed by atoms with Crippen molar-refractivity contribution in [3.8, 4) is 11.4 Å². The van der Waals surface area contributed by atoms with Crippen molar-refractivity contribution in [1.82, 2.24) is 20.0 Å². The number of carbonyl (C=O) groups is 1. The molecule has 0 saturated carbocycles. The number of anilines is 1. The summed E-state index contributed by atoms with van der Waals surface area (Å²) in [4.78, 5) is 11.9. The lowest BCUT2D eigenvalue weighted by atomic mass is 10.2. The zero-order valence-corrected chi connectivity index (χ0v) is 13.1. The molecule has 0 radical (unpaired) electrons. The highest BCUT2D eigenvalue weighted by molar-refractivity contribution is 7.99. The average Bonchev–Trinajstić information content (AvgIpc) is 3.12. The molecule has 118 valence electrons. The molecular formula is C14H14N6O2S. The Kier molecular flexibility index (Phi) is 4.29. The first kappa shape index (κ1) is 15.1. The molecule has 9 heteroatoms. The van der Waals surface area contributed by atoms with Crippen LogP contribution in [0, 0.1) is 6.92 Å². The van der Waals surface area contributed by atoms with Gasteiger partial charge in [0, 0.05) is 11.6 Å². The first-order valence-corrected chi connectivity index (χ1v) is 7.74. The third kappa shape index (κ3) is 3.51. The van der Waals surface area contributed by atoms with Gasteiger partial charge in [-0.15, -0.1) is 10.2 Å².